The molecule has 0 radical (unpaired) electrons. The topological polar surface area (TPSA) is 35.6 Å². The summed E-state index contributed by atoms with van der Waals surface area (Å²) in [6, 6.07) is 11.1. The van der Waals surface area contributed by atoms with E-state index in [0.717, 1.165) is 45.3 Å². The fourth-order valence-electron chi connectivity index (χ4n) is 3.46. The number of anilines is 1. The van der Waals surface area contributed by atoms with Gasteiger partial charge in [-0.1, -0.05) is 18.2 Å². The Balaban J connectivity index is 1.54. The zero-order chi connectivity index (χ0) is 14.7. The molecule has 0 aliphatic carbocycles. The molecule has 21 heavy (non-hydrogen) atoms. The van der Waals surface area contributed by atoms with Crippen LogP contribution in [0.5, 0.6) is 0 Å². The van der Waals surface area contributed by atoms with E-state index in [2.05, 4.69) is 46.4 Å². The number of nitrogens with one attached hydrogen (secondary N) is 1. The van der Waals surface area contributed by atoms with Crippen molar-refractivity contribution in [2.24, 2.45) is 0 Å². The van der Waals surface area contributed by atoms with E-state index in [1.165, 1.54) is 5.69 Å². The molecule has 4 heteroatoms. The molecule has 1 aromatic rings. The summed E-state index contributed by atoms with van der Waals surface area (Å²) in [7, 11) is 2.16. The molecule has 1 aromatic carbocycles. The van der Waals surface area contributed by atoms with E-state index in [4.69, 9.17) is 0 Å². The second-order valence-corrected chi connectivity index (χ2v) is 6.15. The van der Waals surface area contributed by atoms with Gasteiger partial charge in [0, 0.05) is 31.9 Å². The highest BCUT2D eigenvalue weighted by Gasteiger charge is 2.30. The highest BCUT2D eigenvalue weighted by molar-refractivity contribution is 5.82. The normalized spacial score (nSPS) is 23.3. The van der Waals surface area contributed by atoms with Gasteiger partial charge < -0.3 is 15.1 Å². The third-order valence-corrected chi connectivity index (χ3v) is 4.85. The molecule has 1 N–H and O–H groups in total. The van der Waals surface area contributed by atoms with Crippen LogP contribution in [0, 0.1) is 0 Å². The largest absolute Gasteiger partial charge is 0.371 e. The van der Waals surface area contributed by atoms with Gasteiger partial charge in [-0.05, 0) is 44.4 Å². The summed E-state index contributed by atoms with van der Waals surface area (Å²) in [4.78, 5) is 16.8. The minimum Gasteiger partial charge on any atom is -0.371 e. The van der Waals surface area contributed by atoms with E-state index in [9.17, 15) is 4.79 Å². The van der Waals surface area contributed by atoms with Gasteiger partial charge in [-0.2, -0.15) is 0 Å². The molecule has 1 atom stereocenters. The summed E-state index contributed by atoms with van der Waals surface area (Å²) in [5.74, 6) is 0.313. The van der Waals surface area contributed by atoms with Crippen LogP contribution in [0.1, 0.15) is 25.7 Å². The van der Waals surface area contributed by atoms with Crippen LogP contribution in [-0.2, 0) is 4.79 Å². The molecule has 2 fully saturated rings. The third kappa shape index (κ3) is 3.21. The van der Waals surface area contributed by atoms with E-state index in [-0.39, 0.29) is 6.04 Å². The summed E-state index contributed by atoms with van der Waals surface area (Å²) in [5.41, 5.74) is 1.26. The number of carbonyl (C=O) groups excluding carboxylic acids is 1. The number of carbonyl (C=O) groups is 1. The van der Waals surface area contributed by atoms with Crippen LogP contribution in [-0.4, -0.2) is 49.6 Å². The molecule has 2 aliphatic heterocycles. The molecular formula is C17H25N3O. The smallest absolute Gasteiger partial charge is 0.239 e. The quantitative estimate of drug-likeness (QED) is 0.922. The maximum absolute atomic E-state index is 12.4. The molecule has 2 heterocycles. The van der Waals surface area contributed by atoms with Gasteiger partial charge in [0.2, 0.25) is 5.91 Å². The standard InChI is InChI=1S/C17H25N3O/c1-19(14-6-3-2-4-7-14)15-9-12-20(13-10-15)17(21)16-8-5-11-18-16/h2-4,6-7,15-16,18H,5,8-13H2,1H3. The number of benzene rings is 1. The monoisotopic (exact) mass is 287 g/mol. The number of rotatable bonds is 3. The summed E-state index contributed by atoms with van der Waals surface area (Å²) in [6.45, 7) is 2.77. The number of hydrogen-bond acceptors (Lipinski definition) is 3. The van der Waals surface area contributed by atoms with Crippen LogP contribution in [0.3, 0.4) is 0 Å². The molecule has 1 unspecified atom stereocenters. The van der Waals surface area contributed by atoms with Crippen molar-refractivity contribution < 1.29 is 4.79 Å². The number of amides is 1. The molecule has 2 aliphatic rings. The lowest BCUT2D eigenvalue weighted by Crippen LogP contribution is -2.50. The van der Waals surface area contributed by atoms with Crippen molar-refractivity contribution >= 4 is 11.6 Å². The van der Waals surface area contributed by atoms with Crippen LogP contribution in [0.2, 0.25) is 0 Å². The van der Waals surface area contributed by atoms with Gasteiger partial charge in [-0.3, -0.25) is 4.79 Å². The molecular weight excluding hydrogens is 262 g/mol. The second-order valence-electron chi connectivity index (χ2n) is 6.15. The Morgan fingerprint density at radius 2 is 1.90 bits per heavy atom. The Hall–Kier alpha value is -1.55. The molecule has 4 nitrogen and oxygen atoms in total. The van der Waals surface area contributed by atoms with Crippen molar-refractivity contribution in [3.05, 3.63) is 30.3 Å². The molecule has 114 valence electrons. The summed E-state index contributed by atoms with van der Waals surface area (Å²) >= 11 is 0. The number of hydrogen-bond donors (Lipinski definition) is 1. The number of piperidine rings is 1. The fourth-order valence-corrected chi connectivity index (χ4v) is 3.46. The number of nitrogens with zero attached hydrogens (tertiary/aromatic N) is 2. The first-order chi connectivity index (χ1) is 10.3. The number of likely N-dealkylation sites (tertiary alicyclic amines) is 1. The van der Waals surface area contributed by atoms with Crippen molar-refractivity contribution in [1.82, 2.24) is 10.2 Å². The molecule has 0 aromatic heterocycles. The molecule has 0 saturated carbocycles. The lowest BCUT2D eigenvalue weighted by molar-refractivity contribution is -0.134. The highest BCUT2D eigenvalue weighted by Crippen LogP contribution is 2.22. The maximum atomic E-state index is 12.4. The van der Waals surface area contributed by atoms with Gasteiger partial charge in [-0.25, -0.2) is 0 Å². The predicted molar refractivity (Wildman–Crippen MR) is 85.5 cm³/mol. The predicted octanol–water partition coefficient (Wildman–Crippen LogP) is 1.87. The Kier molecular flexibility index (Phi) is 4.44. The average Bonchev–Trinajstić information content (AvgIpc) is 3.09. The third-order valence-electron chi connectivity index (χ3n) is 4.85. The minimum atomic E-state index is 0.0772. The van der Waals surface area contributed by atoms with E-state index in [1.807, 2.05) is 6.07 Å². The van der Waals surface area contributed by atoms with E-state index in [0.29, 0.717) is 11.9 Å². The zero-order valence-corrected chi connectivity index (χ0v) is 12.8. The Labute approximate surface area is 127 Å². The van der Waals surface area contributed by atoms with Gasteiger partial charge in [0.25, 0.3) is 0 Å². The van der Waals surface area contributed by atoms with Gasteiger partial charge in [-0.15, -0.1) is 0 Å². The van der Waals surface area contributed by atoms with Crippen molar-refractivity contribution in [1.29, 1.82) is 0 Å². The Morgan fingerprint density at radius 1 is 1.19 bits per heavy atom. The van der Waals surface area contributed by atoms with Gasteiger partial charge in [0.05, 0.1) is 6.04 Å². The van der Waals surface area contributed by atoms with Gasteiger partial charge >= 0.3 is 0 Å². The summed E-state index contributed by atoms with van der Waals surface area (Å²) < 4.78 is 0. The maximum Gasteiger partial charge on any atom is 0.239 e. The molecule has 0 spiro atoms. The van der Waals surface area contributed by atoms with Crippen LogP contribution in [0.25, 0.3) is 0 Å². The minimum absolute atomic E-state index is 0.0772. The first-order valence-electron chi connectivity index (χ1n) is 8.06. The lowest BCUT2D eigenvalue weighted by Gasteiger charge is -2.38. The van der Waals surface area contributed by atoms with E-state index >= 15 is 0 Å². The summed E-state index contributed by atoms with van der Waals surface area (Å²) in [6.07, 6.45) is 4.25. The SMILES string of the molecule is CN(c1ccccc1)C1CCN(C(=O)C2CCCN2)CC1. The van der Waals surface area contributed by atoms with Crippen molar-refractivity contribution in [3.8, 4) is 0 Å². The number of para-hydroxylation sites is 1. The van der Waals surface area contributed by atoms with Crippen molar-refractivity contribution in [2.75, 3.05) is 31.6 Å². The first kappa shape index (κ1) is 14.4. The van der Waals surface area contributed by atoms with Crippen LogP contribution in [0.4, 0.5) is 5.69 Å². The van der Waals surface area contributed by atoms with E-state index < -0.39 is 0 Å². The molecule has 1 amide bonds. The summed E-state index contributed by atoms with van der Waals surface area (Å²) in [5, 5.41) is 3.31. The Morgan fingerprint density at radius 3 is 2.52 bits per heavy atom. The lowest BCUT2D eigenvalue weighted by atomic mass is 10.0. The second kappa shape index (κ2) is 6.48. The fraction of sp³-hybridized carbons (Fsp3) is 0.588. The van der Waals surface area contributed by atoms with E-state index in [1.54, 1.807) is 0 Å². The highest BCUT2D eigenvalue weighted by atomic mass is 16.2. The van der Waals surface area contributed by atoms with Crippen LogP contribution >= 0.6 is 0 Å². The first-order valence-corrected chi connectivity index (χ1v) is 8.06. The average molecular weight is 287 g/mol. The van der Waals surface area contributed by atoms with Crippen LogP contribution < -0.4 is 10.2 Å². The van der Waals surface area contributed by atoms with Crippen molar-refractivity contribution in [2.45, 2.75) is 37.8 Å². The molecule has 2 saturated heterocycles. The zero-order valence-electron chi connectivity index (χ0n) is 12.8. The molecule has 3 rings (SSSR count). The van der Waals surface area contributed by atoms with Crippen LogP contribution in [0.15, 0.2) is 30.3 Å². The molecule has 0 bridgehead atoms. The van der Waals surface area contributed by atoms with Gasteiger partial charge in [0.1, 0.15) is 0 Å². The van der Waals surface area contributed by atoms with Gasteiger partial charge in [0.15, 0.2) is 0 Å². The van der Waals surface area contributed by atoms with Crippen molar-refractivity contribution in [3.63, 3.8) is 0 Å². The Bertz CT molecular complexity index is 462.